The van der Waals surface area contributed by atoms with Gasteiger partial charge < -0.3 is 19.9 Å². The molecule has 5 nitrogen and oxygen atoms in total. The average molecular weight is 446 g/mol. The van der Waals surface area contributed by atoms with Gasteiger partial charge in [0.2, 0.25) is 0 Å². The zero-order valence-electron chi connectivity index (χ0n) is 18.2. The van der Waals surface area contributed by atoms with Crippen LogP contribution >= 0.6 is 0 Å². The fourth-order valence-electron chi connectivity index (χ4n) is 4.43. The maximum atomic E-state index is 14.1. The molecule has 0 aliphatic heterocycles. The first kappa shape index (κ1) is 22.5. The third-order valence-electron chi connectivity index (χ3n) is 6.23. The SMILES string of the molecule is CCOc1cccc(-c2ccc(NC3(C(=O)O)CCCC3)cc2COC2CC2)c1C(F)F. The lowest BCUT2D eigenvalue weighted by Gasteiger charge is -2.27. The van der Waals surface area contributed by atoms with E-state index in [4.69, 9.17) is 9.47 Å². The molecule has 2 aromatic rings. The van der Waals surface area contributed by atoms with Gasteiger partial charge in [0.25, 0.3) is 6.43 Å². The molecule has 0 saturated heterocycles. The van der Waals surface area contributed by atoms with Crippen LogP contribution in [0.5, 0.6) is 5.75 Å². The van der Waals surface area contributed by atoms with Gasteiger partial charge in [0.15, 0.2) is 0 Å². The normalized spacial score (nSPS) is 17.5. The predicted octanol–water partition coefficient (Wildman–Crippen LogP) is 6.18. The Bertz CT molecular complexity index is 968. The number of hydrogen-bond donors (Lipinski definition) is 2. The third kappa shape index (κ3) is 4.72. The molecule has 0 radical (unpaired) electrons. The van der Waals surface area contributed by atoms with E-state index in [2.05, 4.69) is 5.32 Å². The van der Waals surface area contributed by atoms with Crippen LogP contribution in [0.25, 0.3) is 11.1 Å². The molecule has 0 unspecified atom stereocenters. The van der Waals surface area contributed by atoms with E-state index >= 15 is 0 Å². The Morgan fingerprint density at radius 1 is 1.19 bits per heavy atom. The summed E-state index contributed by atoms with van der Waals surface area (Å²) in [4.78, 5) is 12.0. The first-order valence-electron chi connectivity index (χ1n) is 11.2. The van der Waals surface area contributed by atoms with Crippen LogP contribution in [-0.2, 0) is 16.1 Å². The van der Waals surface area contributed by atoms with E-state index in [1.807, 2.05) is 6.07 Å². The van der Waals surface area contributed by atoms with Crippen molar-refractivity contribution in [3.8, 4) is 16.9 Å². The highest BCUT2D eigenvalue weighted by molar-refractivity contribution is 5.84. The van der Waals surface area contributed by atoms with Crippen molar-refractivity contribution in [2.75, 3.05) is 11.9 Å². The summed E-state index contributed by atoms with van der Waals surface area (Å²) in [6.07, 6.45) is 2.33. The van der Waals surface area contributed by atoms with Gasteiger partial charge in [-0.05, 0) is 67.5 Å². The maximum absolute atomic E-state index is 14.1. The van der Waals surface area contributed by atoms with Crippen LogP contribution in [0.3, 0.4) is 0 Å². The number of carboxylic acids is 1. The number of carboxylic acid groups (broad SMARTS) is 1. The number of anilines is 1. The highest BCUT2D eigenvalue weighted by atomic mass is 19.3. The van der Waals surface area contributed by atoms with Crippen molar-refractivity contribution in [2.45, 2.75) is 70.1 Å². The van der Waals surface area contributed by atoms with Gasteiger partial charge in [0.1, 0.15) is 11.3 Å². The van der Waals surface area contributed by atoms with Crippen molar-refractivity contribution in [3.05, 3.63) is 47.5 Å². The van der Waals surface area contributed by atoms with Crippen LogP contribution in [0.2, 0.25) is 0 Å². The third-order valence-corrected chi connectivity index (χ3v) is 6.23. The largest absolute Gasteiger partial charge is 0.493 e. The Hall–Kier alpha value is -2.67. The molecule has 7 heteroatoms. The maximum Gasteiger partial charge on any atom is 0.329 e. The highest BCUT2D eigenvalue weighted by Crippen LogP contribution is 2.41. The van der Waals surface area contributed by atoms with Crippen molar-refractivity contribution in [1.82, 2.24) is 0 Å². The molecule has 0 bridgehead atoms. The monoisotopic (exact) mass is 445 g/mol. The minimum atomic E-state index is -2.70. The molecule has 2 aromatic carbocycles. The molecule has 2 aliphatic rings. The molecule has 4 rings (SSSR count). The van der Waals surface area contributed by atoms with Gasteiger partial charge in [-0.3, -0.25) is 0 Å². The van der Waals surface area contributed by atoms with Gasteiger partial charge >= 0.3 is 5.97 Å². The minimum Gasteiger partial charge on any atom is -0.493 e. The molecule has 0 spiro atoms. The van der Waals surface area contributed by atoms with Crippen molar-refractivity contribution >= 4 is 11.7 Å². The summed E-state index contributed by atoms with van der Waals surface area (Å²) in [7, 11) is 0. The van der Waals surface area contributed by atoms with Crippen LogP contribution in [0.1, 0.15) is 63.0 Å². The van der Waals surface area contributed by atoms with E-state index in [1.165, 1.54) is 0 Å². The van der Waals surface area contributed by atoms with Gasteiger partial charge in [-0.1, -0.05) is 31.0 Å². The number of aliphatic carboxylic acids is 1. The first-order valence-corrected chi connectivity index (χ1v) is 11.2. The van der Waals surface area contributed by atoms with Crippen LogP contribution in [0, 0.1) is 0 Å². The molecule has 0 aromatic heterocycles. The lowest BCUT2D eigenvalue weighted by molar-refractivity contribution is -0.142. The lowest BCUT2D eigenvalue weighted by atomic mass is 9.93. The standard InChI is InChI=1S/C25H29F2NO4/c1-2-31-21-7-5-6-20(22(21)23(26)27)19-11-8-17(14-16(19)15-32-18-9-10-18)28-25(24(29)30)12-3-4-13-25/h5-8,11,14,18,23,28H,2-4,9-10,12-13,15H2,1H3,(H,29,30). The number of benzene rings is 2. The molecule has 0 atom stereocenters. The molecule has 0 heterocycles. The second-order valence-corrected chi connectivity index (χ2v) is 8.55. The van der Waals surface area contributed by atoms with E-state index < -0.39 is 17.9 Å². The smallest absolute Gasteiger partial charge is 0.329 e. The van der Waals surface area contributed by atoms with Crippen molar-refractivity contribution in [3.63, 3.8) is 0 Å². The Morgan fingerprint density at radius 3 is 2.56 bits per heavy atom. The molecule has 0 amide bonds. The van der Waals surface area contributed by atoms with Crippen LogP contribution in [0.15, 0.2) is 36.4 Å². The Morgan fingerprint density at radius 2 is 1.94 bits per heavy atom. The number of alkyl halides is 2. The summed E-state index contributed by atoms with van der Waals surface area (Å²) < 4.78 is 39.5. The Kier molecular flexibility index (Phi) is 6.65. The zero-order chi connectivity index (χ0) is 22.7. The van der Waals surface area contributed by atoms with Crippen molar-refractivity contribution in [2.24, 2.45) is 0 Å². The first-order chi connectivity index (χ1) is 15.4. The van der Waals surface area contributed by atoms with Gasteiger partial charge in [0.05, 0.1) is 24.9 Å². The minimum absolute atomic E-state index is 0.138. The van der Waals surface area contributed by atoms with Crippen molar-refractivity contribution in [1.29, 1.82) is 0 Å². The Balaban J connectivity index is 1.74. The van der Waals surface area contributed by atoms with E-state index in [1.54, 1.807) is 37.3 Å². The van der Waals surface area contributed by atoms with E-state index in [9.17, 15) is 18.7 Å². The molecule has 2 aliphatic carbocycles. The van der Waals surface area contributed by atoms with Crippen LogP contribution in [-0.4, -0.2) is 29.3 Å². The molecule has 2 saturated carbocycles. The topological polar surface area (TPSA) is 67.8 Å². The van der Waals surface area contributed by atoms with E-state index in [0.29, 0.717) is 36.3 Å². The van der Waals surface area contributed by atoms with E-state index in [-0.39, 0.29) is 24.0 Å². The molecular weight excluding hydrogens is 416 g/mol. The van der Waals surface area contributed by atoms with E-state index in [0.717, 1.165) is 31.2 Å². The van der Waals surface area contributed by atoms with Gasteiger partial charge in [0, 0.05) is 5.69 Å². The number of hydrogen-bond acceptors (Lipinski definition) is 4. The molecule has 2 N–H and O–H groups in total. The summed E-state index contributed by atoms with van der Waals surface area (Å²) in [5.74, 6) is -0.689. The zero-order valence-corrected chi connectivity index (χ0v) is 18.2. The van der Waals surface area contributed by atoms with Crippen LogP contribution in [0.4, 0.5) is 14.5 Å². The summed E-state index contributed by atoms with van der Waals surface area (Å²) in [6, 6.07) is 10.3. The number of ether oxygens (including phenoxy) is 2. The average Bonchev–Trinajstić information content (AvgIpc) is 3.48. The quantitative estimate of drug-likeness (QED) is 0.457. The predicted molar refractivity (Wildman–Crippen MR) is 118 cm³/mol. The highest BCUT2D eigenvalue weighted by Gasteiger charge is 2.41. The molecule has 2 fully saturated rings. The lowest BCUT2D eigenvalue weighted by Crippen LogP contribution is -2.43. The second kappa shape index (κ2) is 9.45. The van der Waals surface area contributed by atoms with Gasteiger partial charge in [-0.25, -0.2) is 13.6 Å². The second-order valence-electron chi connectivity index (χ2n) is 8.55. The van der Waals surface area contributed by atoms with Crippen LogP contribution < -0.4 is 10.1 Å². The Labute approximate surface area is 186 Å². The summed E-state index contributed by atoms with van der Waals surface area (Å²) >= 11 is 0. The summed E-state index contributed by atoms with van der Waals surface area (Å²) in [6.45, 7) is 2.33. The number of carbonyl (C=O) groups is 1. The molecule has 172 valence electrons. The number of rotatable bonds is 10. The molecule has 32 heavy (non-hydrogen) atoms. The summed E-state index contributed by atoms with van der Waals surface area (Å²) in [5.41, 5.74) is 1.33. The number of nitrogens with one attached hydrogen (secondary N) is 1. The fraction of sp³-hybridized carbons (Fsp3) is 0.480. The molecular formula is C25H29F2NO4. The summed E-state index contributed by atoms with van der Waals surface area (Å²) in [5, 5.41) is 13.0. The fourth-order valence-corrected chi connectivity index (χ4v) is 4.43. The van der Waals surface area contributed by atoms with Gasteiger partial charge in [-0.15, -0.1) is 0 Å². The van der Waals surface area contributed by atoms with Gasteiger partial charge in [-0.2, -0.15) is 0 Å². The van der Waals surface area contributed by atoms with Crippen molar-refractivity contribution < 1.29 is 28.2 Å². The number of halogens is 2.